The van der Waals surface area contributed by atoms with Crippen LogP contribution in [0.1, 0.15) is 60.2 Å². The minimum Gasteiger partial charge on any atom is -0.483 e. The molecule has 4 heteroatoms. The number of furan rings is 1. The van der Waals surface area contributed by atoms with Crippen LogP contribution in [-0.2, 0) is 0 Å². The lowest BCUT2D eigenvalue weighted by Gasteiger charge is -2.16. The Kier molecular flexibility index (Phi) is 4.36. The molecule has 0 aliphatic heterocycles. The van der Waals surface area contributed by atoms with Crippen molar-refractivity contribution in [2.75, 3.05) is 0 Å². The molecule has 0 aliphatic carbocycles. The quantitative estimate of drug-likeness (QED) is 0.876. The Labute approximate surface area is 124 Å². The molecular weight excluding hydrogens is 268 g/mol. The Morgan fingerprint density at radius 3 is 2.48 bits per heavy atom. The van der Waals surface area contributed by atoms with Gasteiger partial charge < -0.3 is 14.3 Å². The van der Waals surface area contributed by atoms with Crippen molar-refractivity contribution in [2.24, 2.45) is 0 Å². The lowest BCUT2D eigenvalue weighted by molar-refractivity contribution is 0.0655. The zero-order chi connectivity index (χ0) is 15.6. The van der Waals surface area contributed by atoms with E-state index in [9.17, 15) is 4.79 Å². The van der Waals surface area contributed by atoms with E-state index in [0.29, 0.717) is 11.7 Å². The standard InChI is InChI=1S/C17H20O4/c1-10(2)13-6-5-11(3)16(9-13)20-12(4)14-7-8-15(21-14)17(18)19/h5-10,12H,1-4H3,(H,18,19). The molecule has 0 saturated carbocycles. The molecule has 2 rings (SSSR count). The maximum atomic E-state index is 10.8. The Hall–Kier alpha value is -2.23. The molecule has 0 radical (unpaired) electrons. The van der Waals surface area contributed by atoms with E-state index in [4.69, 9.17) is 14.3 Å². The molecule has 0 amide bonds. The van der Waals surface area contributed by atoms with Crippen LogP contribution in [0, 0.1) is 6.92 Å². The smallest absolute Gasteiger partial charge is 0.371 e. The predicted octanol–water partition coefficient (Wildman–Crippen LogP) is 4.55. The number of hydrogen-bond acceptors (Lipinski definition) is 3. The molecule has 2 aromatic rings. The first-order chi connectivity index (χ1) is 9.88. The highest BCUT2D eigenvalue weighted by atomic mass is 16.5. The third-order valence-corrected chi connectivity index (χ3v) is 3.42. The fraction of sp³-hybridized carbons (Fsp3) is 0.353. The van der Waals surface area contributed by atoms with Gasteiger partial charge in [0.25, 0.3) is 0 Å². The number of carboxylic acids is 1. The van der Waals surface area contributed by atoms with Crippen molar-refractivity contribution >= 4 is 5.97 Å². The average molecular weight is 288 g/mol. The molecule has 1 aromatic heterocycles. The van der Waals surface area contributed by atoms with Crippen LogP contribution in [0.2, 0.25) is 0 Å². The Morgan fingerprint density at radius 2 is 1.90 bits per heavy atom. The summed E-state index contributed by atoms with van der Waals surface area (Å²) in [4.78, 5) is 10.8. The van der Waals surface area contributed by atoms with E-state index in [1.54, 1.807) is 6.07 Å². The van der Waals surface area contributed by atoms with E-state index in [2.05, 4.69) is 19.9 Å². The average Bonchev–Trinajstić information content (AvgIpc) is 2.90. The fourth-order valence-electron chi connectivity index (χ4n) is 2.04. The van der Waals surface area contributed by atoms with Crippen LogP contribution in [0.15, 0.2) is 34.7 Å². The molecule has 1 aromatic carbocycles. The largest absolute Gasteiger partial charge is 0.483 e. The summed E-state index contributed by atoms with van der Waals surface area (Å²) >= 11 is 0. The van der Waals surface area contributed by atoms with Crippen molar-refractivity contribution in [3.63, 3.8) is 0 Å². The highest BCUT2D eigenvalue weighted by Gasteiger charge is 2.16. The Morgan fingerprint density at radius 1 is 1.19 bits per heavy atom. The van der Waals surface area contributed by atoms with Gasteiger partial charge in [-0.1, -0.05) is 26.0 Å². The summed E-state index contributed by atoms with van der Waals surface area (Å²) in [6.07, 6.45) is -0.348. The molecule has 0 saturated heterocycles. The van der Waals surface area contributed by atoms with Crippen molar-refractivity contribution in [3.05, 3.63) is 53.0 Å². The fourth-order valence-corrected chi connectivity index (χ4v) is 2.04. The van der Waals surface area contributed by atoms with Crippen LogP contribution < -0.4 is 4.74 Å². The molecule has 0 bridgehead atoms. The predicted molar refractivity (Wildman–Crippen MR) is 80.0 cm³/mol. The highest BCUT2D eigenvalue weighted by Crippen LogP contribution is 2.29. The minimum absolute atomic E-state index is 0.0758. The van der Waals surface area contributed by atoms with Crippen molar-refractivity contribution in [1.82, 2.24) is 0 Å². The SMILES string of the molecule is Cc1ccc(C(C)C)cc1OC(C)c1ccc(C(=O)O)o1. The van der Waals surface area contributed by atoms with Crippen LogP contribution in [0.5, 0.6) is 5.75 Å². The summed E-state index contributed by atoms with van der Waals surface area (Å²) in [5.74, 6) is 0.564. The van der Waals surface area contributed by atoms with Gasteiger partial charge in [0, 0.05) is 0 Å². The lowest BCUT2D eigenvalue weighted by Crippen LogP contribution is -2.04. The van der Waals surface area contributed by atoms with Crippen LogP contribution in [0.4, 0.5) is 0 Å². The first kappa shape index (κ1) is 15.2. The van der Waals surface area contributed by atoms with E-state index in [1.807, 2.05) is 26.0 Å². The van der Waals surface area contributed by atoms with Gasteiger partial charge in [0.05, 0.1) is 0 Å². The van der Waals surface area contributed by atoms with E-state index in [1.165, 1.54) is 11.6 Å². The lowest BCUT2D eigenvalue weighted by atomic mass is 10.0. The number of ether oxygens (including phenoxy) is 1. The first-order valence-electron chi connectivity index (χ1n) is 6.98. The Balaban J connectivity index is 2.20. The van der Waals surface area contributed by atoms with E-state index >= 15 is 0 Å². The number of aryl methyl sites for hydroxylation is 1. The monoisotopic (exact) mass is 288 g/mol. The molecule has 4 nitrogen and oxygen atoms in total. The number of rotatable bonds is 5. The topological polar surface area (TPSA) is 59.7 Å². The van der Waals surface area contributed by atoms with E-state index < -0.39 is 5.97 Å². The molecule has 0 spiro atoms. The maximum Gasteiger partial charge on any atom is 0.371 e. The third-order valence-electron chi connectivity index (χ3n) is 3.42. The summed E-state index contributed by atoms with van der Waals surface area (Å²) in [5, 5.41) is 8.88. The number of hydrogen-bond donors (Lipinski definition) is 1. The second-order valence-electron chi connectivity index (χ2n) is 5.45. The van der Waals surface area contributed by atoms with Crippen molar-refractivity contribution in [1.29, 1.82) is 0 Å². The third kappa shape index (κ3) is 3.45. The van der Waals surface area contributed by atoms with E-state index in [0.717, 1.165) is 11.3 Å². The van der Waals surface area contributed by atoms with Crippen LogP contribution in [0.3, 0.4) is 0 Å². The number of aromatic carboxylic acids is 1. The molecule has 1 unspecified atom stereocenters. The van der Waals surface area contributed by atoms with Crippen LogP contribution in [-0.4, -0.2) is 11.1 Å². The molecule has 1 heterocycles. The van der Waals surface area contributed by atoms with Gasteiger partial charge in [-0.15, -0.1) is 0 Å². The molecule has 0 fully saturated rings. The summed E-state index contributed by atoms with van der Waals surface area (Å²) in [7, 11) is 0. The van der Waals surface area contributed by atoms with Crippen molar-refractivity contribution < 1.29 is 19.1 Å². The number of carbonyl (C=O) groups is 1. The van der Waals surface area contributed by atoms with Gasteiger partial charge in [0.2, 0.25) is 5.76 Å². The highest BCUT2D eigenvalue weighted by molar-refractivity contribution is 5.84. The van der Waals surface area contributed by atoms with Crippen LogP contribution >= 0.6 is 0 Å². The van der Waals surface area contributed by atoms with Gasteiger partial charge in [0.15, 0.2) is 6.10 Å². The molecule has 21 heavy (non-hydrogen) atoms. The van der Waals surface area contributed by atoms with E-state index in [-0.39, 0.29) is 11.9 Å². The molecule has 1 atom stereocenters. The number of carboxylic acid groups (broad SMARTS) is 1. The second kappa shape index (κ2) is 6.04. The summed E-state index contributed by atoms with van der Waals surface area (Å²) < 4.78 is 11.2. The van der Waals surface area contributed by atoms with Gasteiger partial charge in [-0.25, -0.2) is 4.79 Å². The zero-order valence-electron chi connectivity index (χ0n) is 12.7. The van der Waals surface area contributed by atoms with Gasteiger partial charge in [-0.2, -0.15) is 0 Å². The van der Waals surface area contributed by atoms with Crippen molar-refractivity contribution in [3.8, 4) is 5.75 Å². The van der Waals surface area contributed by atoms with Gasteiger partial charge in [-0.05, 0) is 49.1 Å². The molecule has 1 N–H and O–H groups in total. The maximum absolute atomic E-state index is 10.8. The molecule has 112 valence electrons. The summed E-state index contributed by atoms with van der Waals surface area (Å²) in [6.45, 7) is 8.08. The van der Waals surface area contributed by atoms with Gasteiger partial charge in [0.1, 0.15) is 11.5 Å². The van der Waals surface area contributed by atoms with Gasteiger partial charge >= 0.3 is 5.97 Å². The second-order valence-corrected chi connectivity index (χ2v) is 5.45. The molecular formula is C17H20O4. The first-order valence-corrected chi connectivity index (χ1v) is 6.98. The van der Waals surface area contributed by atoms with Crippen molar-refractivity contribution in [2.45, 2.75) is 39.7 Å². The van der Waals surface area contributed by atoms with Crippen LogP contribution in [0.25, 0.3) is 0 Å². The zero-order valence-corrected chi connectivity index (χ0v) is 12.7. The number of benzene rings is 1. The van der Waals surface area contributed by atoms with Gasteiger partial charge in [-0.3, -0.25) is 0 Å². The molecule has 0 aliphatic rings. The normalized spacial score (nSPS) is 12.4. The minimum atomic E-state index is -1.08. The summed E-state index contributed by atoms with van der Waals surface area (Å²) in [5.41, 5.74) is 2.24. The summed E-state index contributed by atoms with van der Waals surface area (Å²) in [6, 6.07) is 9.22. The Bertz CT molecular complexity index is 640.